The molecular formula is C25H32N+. The second kappa shape index (κ2) is 5.55. The topological polar surface area (TPSA) is 3.88 Å². The molecule has 0 saturated carbocycles. The average Bonchev–Trinajstić information content (AvgIpc) is 2.91. The van der Waals surface area contributed by atoms with Crippen LogP contribution in [0.2, 0.25) is 0 Å². The third-order valence-electron chi connectivity index (χ3n) is 7.78. The van der Waals surface area contributed by atoms with Crippen LogP contribution in [0.1, 0.15) is 77.6 Å². The summed E-state index contributed by atoms with van der Waals surface area (Å²) in [4.78, 5) is 0. The van der Waals surface area contributed by atoms with Gasteiger partial charge in [-0.15, -0.1) is 0 Å². The number of pyridine rings is 1. The Morgan fingerprint density at radius 3 is 2.08 bits per heavy atom. The smallest absolute Gasteiger partial charge is 0.192 e. The second-order valence-corrected chi connectivity index (χ2v) is 8.80. The molecule has 0 bridgehead atoms. The van der Waals surface area contributed by atoms with Crippen LogP contribution in [0.25, 0.3) is 11.1 Å². The van der Waals surface area contributed by atoms with Gasteiger partial charge in [0.2, 0.25) is 5.69 Å². The maximum Gasteiger partial charge on any atom is 0.210 e. The van der Waals surface area contributed by atoms with Crippen LogP contribution in [0.3, 0.4) is 0 Å². The van der Waals surface area contributed by atoms with Crippen LogP contribution in [0.5, 0.6) is 0 Å². The molecule has 1 nitrogen and oxygen atoms in total. The molecule has 1 aromatic heterocycles. The van der Waals surface area contributed by atoms with Crippen molar-refractivity contribution in [3.05, 3.63) is 65.5 Å². The highest BCUT2D eigenvalue weighted by Gasteiger charge is 2.62. The Kier molecular flexibility index (Phi) is 3.74. The molecule has 0 amide bonds. The third kappa shape index (κ3) is 1.79. The molecule has 1 aromatic carbocycles. The molecular weight excluding hydrogens is 314 g/mol. The lowest BCUT2D eigenvalue weighted by Gasteiger charge is -2.48. The number of allylic oxidation sites excluding steroid dienone is 2. The van der Waals surface area contributed by atoms with Crippen molar-refractivity contribution in [2.45, 2.75) is 71.8 Å². The number of hydrogen-bond donors (Lipinski definition) is 0. The Morgan fingerprint density at radius 2 is 1.42 bits per heavy atom. The standard InChI is InChI=1S/C25H32N/c1-7-24(6)21-18-14-10-11-15-19(18)23(4,5)22(21)20-16-12-13-17-26(20)25(24,8-2)9-3/h10-17H,7-9H2,1-6H3/q+1. The lowest BCUT2D eigenvalue weighted by Crippen LogP contribution is -2.68. The van der Waals surface area contributed by atoms with E-state index in [1.165, 1.54) is 16.8 Å². The van der Waals surface area contributed by atoms with Gasteiger partial charge in [-0.25, -0.2) is 0 Å². The summed E-state index contributed by atoms with van der Waals surface area (Å²) >= 11 is 0. The normalized spacial score (nSPS) is 24.8. The van der Waals surface area contributed by atoms with E-state index in [4.69, 9.17) is 0 Å². The monoisotopic (exact) mass is 346 g/mol. The van der Waals surface area contributed by atoms with Crippen LogP contribution in [0, 0.1) is 5.41 Å². The SMILES string of the molecule is CCC1(C)C2=C(c3cccc[n+]3C1(CC)CC)C(C)(C)c1ccccc12. The summed E-state index contributed by atoms with van der Waals surface area (Å²) in [5, 5.41) is 0. The number of fused-ring (bicyclic) bond motifs is 4. The van der Waals surface area contributed by atoms with E-state index in [2.05, 4.69) is 94.8 Å². The average molecular weight is 347 g/mol. The Hall–Kier alpha value is -1.89. The van der Waals surface area contributed by atoms with Crippen LogP contribution < -0.4 is 4.57 Å². The van der Waals surface area contributed by atoms with Crippen LogP contribution in [0.15, 0.2) is 48.7 Å². The molecule has 26 heavy (non-hydrogen) atoms. The highest BCUT2D eigenvalue weighted by molar-refractivity contribution is 6.02. The first kappa shape index (κ1) is 17.5. The van der Waals surface area contributed by atoms with Crippen LogP contribution in [0.4, 0.5) is 0 Å². The van der Waals surface area contributed by atoms with Crippen molar-refractivity contribution in [3.8, 4) is 0 Å². The van der Waals surface area contributed by atoms with Gasteiger partial charge in [0.1, 0.15) is 0 Å². The van der Waals surface area contributed by atoms with E-state index in [1.807, 2.05) is 0 Å². The predicted octanol–water partition coefficient (Wildman–Crippen LogP) is 6.12. The van der Waals surface area contributed by atoms with Crippen molar-refractivity contribution in [1.29, 1.82) is 0 Å². The lowest BCUT2D eigenvalue weighted by atomic mass is 9.57. The third-order valence-corrected chi connectivity index (χ3v) is 7.78. The number of rotatable bonds is 3. The Bertz CT molecular complexity index is 898. The molecule has 2 aromatic rings. The Morgan fingerprint density at radius 1 is 0.769 bits per heavy atom. The van der Waals surface area contributed by atoms with E-state index in [1.54, 1.807) is 11.1 Å². The van der Waals surface area contributed by atoms with Crippen molar-refractivity contribution in [3.63, 3.8) is 0 Å². The van der Waals surface area contributed by atoms with Crippen molar-refractivity contribution < 1.29 is 4.57 Å². The summed E-state index contributed by atoms with van der Waals surface area (Å²) < 4.78 is 2.63. The molecule has 0 fully saturated rings. The van der Waals surface area contributed by atoms with Crippen LogP contribution in [-0.4, -0.2) is 0 Å². The fourth-order valence-corrected chi connectivity index (χ4v) is 6.24. The van der Waals surface area contributed by atoms with E-state index < -0.39 is 0 Å². The van der Waals surface area contributed by atoms with Gasteiger partial charge in [0.05, 0.1) is 5.41 Å². The summed E-state index contributed by atoms with van der Waals surface area (Å²) in [6.07, 6.45) is 5.78. The number of hydrogen-bond acceptors (Lipinski definition) is 0. The number of benzene rings is 1. The second-order valence-electron chi connectivity index (χ2n) is 8.80. The van der Waals surface area contributed by atoms with E-state index in [9.17, 15) is 0 Å². The van der Waals surface area contributed by atoms with E-state index in [0.717, 1.165) is 19.3 Å². The molecule has 0 N–H and O–H groups in total. The Balaban J connectivity index is 2.19. The van der Waals surface area contributed by atoms with Crippen molar-refractivity contribution in [1.82, 2.24) is 0 Å². The fraction of sp³-hybridized carbons (Fsp3) is 0.480. The van der Waals surface area contributed by atoms with Gasteiger partial charge in [0.15, 0.2) is 11.7 Å². The number of aromatic nitrogens is 1. The summed E-state index contributed by atoms with van der Waals surface area (Å²) in [6, 6.07) is 15.9. The Labute approximate surface area is 158 Å². The van der Waals surface area contributed by atoms with Gasteiger partial charge in [0, 0.05) is 36.0 Å². The molecule has 1 heteroatoms. The molecule has 1 aliphatic heterocycles. The summed E-state index contributed by atoms with van der Waals surface area (Å²) in [5.74, 6) is 0. The first-order chi connectivity index (χ1) is 12.4. The van der Waals surface area contributed by atoms with Crippen LogP contribution >= 0.6 is 0 Å². The maximum atomic E-state index is 2.63. The molecule has 1 aliphatic carbocycles. The van der Waals surface area contributed by atoms with Gasteiger partial charge in [-0.1, -0.05) is 58.9 Å². The maximum absolute atomic E-state index is 2.63. The van der Waals surface area contributed by atoms with Gasteiger partial charge in [-0.3, -0.25) is 0 Å². The highest BCUT2D eigenvalue weighted by atomic mass is 15.1. The quantitative estimate of drug-likeness (QED) is 0.589. The molecule has 136 valence electrons. The minimum absolute atomic E-state index is 0.0408. The minimum Gasteiger partial charge on any atom is -0.192 e. The molecule has 0 radical (unpaired) electrons. The zero-order valence-electron chi connectivity index (χ0n) is 17.2. The summed E-state index contributed by atoms with van der Waals surface area (Å²) in [5.41, 5.74) is 7.81. The number of nitrogens with zero attached hydrogens (tertiary/aromatic N) is 1. The van der Waals surface area contributed by atoms with Gasteiger partial charge in [-0.2, -0.15) is 4.57 Å². The van der Waals surface area contributed by atoms with Gasteiger partial charge >= 0.3 is 0 Å². The molecule has 1 unspecified atom stereocenters. The first-order valence-electron chi connectivity index (χ1n) is 10.3. The van der Waals surface area contributed by atoms with Crippen molar-refractivity contribution >= 4 is 11.1 Å². The van der Waals surface area contributed by atoms with E-state index >= 15 is 0 Å². The zero-order valence-corrected chi connectivity index (χ0v) is 17.2. The molecule has 2 aliphatic rings. The van der Waals surface area contributed by atoms with Gasteiger partial charge in [0.25, 0.3) is 0 Å². The van der Waals surface area contributed by atoms with Gasteiger partial charge < -0.3 is 0 Å². The molecule has 0 saturated heterocycles. The molecule has 4 rings (SSSR count). The molecule has 0 spiro atoms. The largest absolute Gasteiger partial charge is 0.210 e. The highest BCUT2D eigenvalue weighted by Crippen LogP contribution is 2.63. The molecule has 2 heterocycles. The van der Waals surface area contributed by atoms with Crippen LogP contribution in [-0.2, 0) is 11.0 Å². The summed E-state index contributed by atoms with van der Waals surface area (Å²) in [7, 11) is 0. The zero-order chi connectivity index (χ0) is 18.7. The van der Waals surface area contributed by atoms with E-state index in [-0.39, 0.29) is 16.4 Å². The van der Waals surface area contributed by atoms with Gasteiger partial charge in [-0.05, 0) is 36.1 Å². The lowest BCUT2D eigenvalue weighted by molar-refractivity contribution is -0.782. The first-order valence-corrected chi connectivity index (χ1v) is 10.3. The van der Waals surface area contributed by atoms with Crippen molar-refractivity contribution in [2.75, 3.05) is 0 Å². The minimum atomic E-state index is 0.0408. The summed E-state index contributed by atoms with van der Waals surface area (Å²) in [6.45, 7) is 14.5. The molecule has 1 atom stereocenters. The van der Waals surface area contributed by atoms with E-state index in [0.29, 0.717) is 0 Å². The van der Waals surface area contributed by atoms with Crippen molar-refractivity contribution in [2.24, 2.45) is 5.41 Å². The predicted molar refractivity (Wildman–Crippen MR) is 110 cm³/mol. The fourth-order valence-electron chi connectivity index (χ4n) is 6.24.